The molecule has 1 amide bonds. The molecule has 3 nitrogen and oxygen atoms in total. The monoisotopic (exact) mass is 366 g/mol. The summed E-state index contributed by atoms with van der Waals surface area (Å²) < 4.78 is 51.1. The van der Waals surface area contributed by atoms with Gasteiger partial charge < -0.3 is 5.32 Å². The van der Waals surface area contributed by atoms with Crippen LogP contribution in [0.2, 0.25) is 0 Å². The molecular formula is C19H18F4N2O. The lowest BCUT2D eigenvalue weighted by Gasteiger charge is -2.34. The lowest BCUT2D eigenvalue weighted by molar-refractivity contribution is -0.137. The highest BCUT2D eigenvalue weighted by atomic mass is 19.4. The van der Waals surface area contributed by atoms with Crippen LogP contribution in [0.3, 0.4) is 0 Å². The van der Waals surface area contributed by atoms with Gasteiger partial charge in [-0.05, 0) is 61.0 Å². The maximum Gasteiger partial charge on any atom is 0.416 e. The lowest BCUT2D eigenvalue weighted by atomic mass is 9.94. The molecule has 0 spiro atoms. The number of nitrogens with zero attached hydrogens (tertiary/aromatic N) is 1. The molecule has 2 aromatic carbocycles. The van der Waals surface area contributed by atoms with Crippen molar-refractivity contribution in [1.29, 1.82) is 0 Å². The number of amides is 1. The SMILES string of the molecule is CN1Cc2ccc(F)cc2C[C@H]1CNC(=O)c1ccc(C(F)(F)F)cc1. The molecule has 0 fully saturated rings. The van der Waals surface area contributed by atoms with Crippen LogP contribution in [-0.2, 0) is 19.1 Å². The zero-order valence-corrected chi connectivity index (χ0v) is 14.1. The third kappa shape index (κ3) is 4.04. The second-order valence-electron chi connectivity index (χ2n) is 6.47. The van der Waals surface area contributed by atoms with E-state index in [0.717, 1.165) is 35.4 Å². The minimum atomic E-state index is -4.43. The van der Waals surface area contributed by atoms with Gasteiger partial charge in [-0.15, -0.1) is 0 Å². The average molecular weight is 366 g/mol. The van der Waals surface area contributed by atoms with E-state index in [0.29, 0.717) is 19.5 Å². The summed E-state index contributed by atoms with van der Waals surface area (Å²) in [5, 5.41) is 2.75. The molecule has 26 heavy (non-hydrogen) atoms. The van der Waals surface area contributed by atoms with Crippen LogP contribution in [0.5, 0.6) is 0 Å². The fraction of sp³-hybridized carbons (Fsp3) is 0.316. The van der Waals surface area contributed by atoms with Crippen molar-refractivity contribution in [2.24, 2.45) is 0 Å². The first-order chi connectivity index (χ1) is 12.2. The molecule has 0 aliphatic carbocycles. The number of carbonyl (C=O) groups is 1. The molecule has 0 bridgehead atoms. The van der Waals surface area contributed by atoms with Gasteiger partial charge in [-0.25, -0.2) is 4.39 Å². The highest BCUT2D eigenvalue weighted by Crippen LogP contribution is 2.29. The van der Waals surface area contributed by atoms with E-state index in [1.54, 1.807) is 6.07 Å². The standard InChI is InChI=1S/C19H18F4N2O/c1-25-11-13-4-7-16(20)8-14(13)9-17(25)10-24-18(26)12-2-5-15(6-3-12)19(21,22)23/h2-8,17H,9-11H2,1H3,(H,24,26)/t17-/m0/s1. The van der Waals surface area contributed by atoms with E-state index in [-0.39, 0.29) is 17.4 Å². The van der Waals surface area contributed by atoms with E-state index >= 15 is 0 Å². The molecule has 0 saturated carbocycles. The predicted octanol–water partition coefficient (Wildman–Crippen LogP) is 3.63. The van der Waals surface area contributed by atoms with Crippen LogP contribution < -0.4 is 5.32 Å². The summed E-state index contributed by atoms with van der Waals surface area (Å²) in [7, 11) is 1.92. The highest BCUT2D eigenvalue weighted by molar-refractivity contribution is 5.94. The van der Waals surface area contributed by atoms with Gasteiger partial charge in [0.2, 0.25) is 0 Å². The molecule has 3 rings (SSSR count). The summed E-state index contributed by atoms with van der Waals surface area (Å²) >= 11 is 0. The van der Waals surface area contributed by atoms with Crippen molar-refractivity contribution in [2.75, 3.05) is 13.6 Å². The fourth-order valence-electron chi connectivity index (χ4n) is 3.10. The second-order valence-corrected chi connectivity index (χ2v) is 6.47. The summed E-state index contributed by atoms with van der Waals surface area (Å²) in [6, 6.07) is 8.79. The van der Waals surface area contributed by atoms with Crippen molar-refractivity contribution >= 4 is 5.91 Å². The van der Waals surface area contributed by atoms with Crippen LogP contribution >= 0.6 is 0 Å². The first-order valence-corrected chi connectivity index (χ1v) is 8.17. The summed E-state index contributed by atoms with van der Waals surface area (Å²) in [6.45, 7) is 0.975. The van der Waals surface area contributed by atoms with Crippen LogP contribution in [0.25, 0.3) is 0 Å². The molecule has 0 aromatic heterocycles. The van der Waals surface area contributed by atoms with Crippen LogP contribution in [0.1, 0.15) is 27.0 Å². The van der Waals surface area contributed by atoms with Crippen molar-refractivity contribution in [3.05, 3.63) is 70.5 Å². The topological polar surface area (TPSA) is 32.3 Å². The molecule has 1 atom stereocenters. The summed E-state index contributed by atoms with van der Waals surface area (Å²) in [5.74, 6) is -0.724. The first-order valence-electron chi connectivity index (χ1n) is 8.17. The number of rotatable bonds is 3. The van der Waals surface area contributed by atoms with Crippen molar-refractivity contribution in [3.8, 4) is 0 Å². The van der Waals surface area contributed by atoms with E-state index in [9.17, 15) is 22.4 Å². The van der Waals surface area contributed by atoms with Crippen molar-refractivity contribution in [3.63, 3.8) is 0 Å². The Kier molecular flexibility index (Phi) is 5.00. The van der Waals surface area contributed by atoms with Crippen molar-refractivity contribution in [1.82, 2.24) is 10.2 Å². The quantitative estimate of drug-likeness (QED) is 0.842. The van der Waals surface area contributed by atoms with Crippen LogP contribution in [-0.4, -0.2) is 30.4 Å². The number of halogens is 4. The number of hydrogen-bond donors (Lipinski definition) is 1. The molecule has 0 saturated heterocycles. The molecule has 7 heteroatoms. The summed E-state index contributed by atoms with van der Waals surface area (Å²) in [6.07, 6.45) is -3.83. The van der Waals surface area contributed by atoms with Crippen LogP contribution in [0.4, 0.5) is 17.6 Å². The Morgan fingerprint density at radius 1 is 1.15 bits per heavy atom. The van der Waals surface area contributed by atoms with E-state index in [2.05, 4.69) is 10.2 Å². The van der Waals surface area contributed by atoms with Gasteiger partial charge >= 0.3 is 6.18 Å². The van der Waals surface area contributed by atoms with E-state index < -0.39 is 17.6 Å². The molecule has 1 heterocycles. The normalized spacial score (nSPS) is 17.7. The molecule has 1 aliphatic heterocycles. The van der Waals surface area contributed by atoms with Gasteiger partial charge in [0.25, 0.3) is 5.91 Å². The van der Waals surface area contributed by atoms with Crippen molar-refractivity contribution in [2.45, 2.75) is 25.2 Å². The predicted molar refractivity (Wildman–Crippen MR) is 89.1 cm³/mol. The number of carbonyl (C=O) groups excluding carboxylic acids is 1. The molecule has 1 N–H and O–H groups in total. The maximum atomic E-state index is 13.4. The fourth-order valence-corrected chi connectivity index (χ4v) is 3.10. The molecule has 0 unspecified atom stereocenters. The Hall–Kier alpha value is -2.41. The number of hydrogen-bond acceptors (Lipinski definition) is 2. The van der Waals surface area contributed by atoms with Crippen LogP contribution in [0.15, 0.2) is 42.5 Å². The maximum absolute atomic E-state index is 13.4. The van der Waals surface area contributed by atoms with Crippen LogP contribution in [0, 0.1) is 5.82 Å². The number of alkyl halides is 3. The number of nitrogens with one attached hydrogen (secondary N) is 1. The van der Waals surface area contributed by atoms with Gasteiger partial charge in [0.1, 0.15) is 5.82 Å². The minimum absolute atomic E-state index is 0.0114. The Morgan fingerprint density at radius 2 is 1.85 bits per heavy atom. The average Bonchev–Trinajstić information content (AvgIpc) is 2.59. The molecule has 138 valence electrons. The Morgan fingerprint density at radius 3 is 2.50 bits per heavy atom. The van der Waals surface area contributed by atoms with Gasteiger partial charge in [0.05, 0.1) is 5.56 Å². The third-order valence-corrected chi connectivity index (χ3v) is 4.64. The number of likely N-dealkylation sites (N-methyl/N-ethyl adjacent to an activating group) is 1. The van der Waals surface area contributed by atoms with E-state index in [1.807, 2.05) is 7.05 Å². The lowest BCUT2D eigenvalue weighted by Crippen LogP contribution is -2.45. The highest BCUT2D eigenvalue weighted by Gasteiger charge is 2.30. The Bertz CT molecular complexity index is 802. The van der Waals surface area contributed by atoms with E-state index in [4.69, 9.17) is 0 Å². The first kappa shape index (κ1) is 18.4. The summed E-state index contributed by atoms with van der Waals surface area (Å²) in [5.41, 5.74) is 1.35. The van der Waals surface area contributed by atoms with Gasteiger partial charge in [-0.2, -0.15) is 13.2 Å². The molecule has 0 radical (unpaired) electrons. The molecule has 1 aliphatic rings. The van der Waals surface area contributed by atoms with Gasteiger partial charge in [0.15, 0.2) is 0 Å². The Balaban J connectivity index is 1.62. The minimum Gasteiger partial charge on any atom is -0.350 e. The zero-order chi connectivity index (χ0) is 18.9. The molecular weight excluding hydrogens is 348 g/mol. The van der Waals surface area contributed by atoms with E-state index in [1.165, 1.54) is 12.1 Å². The molecule has 2 aromatic rings. The second kappa shape index (κ2) is 7.07. The number of benzene rings is 2. The summed E-state index contributed by atoms with van der Waals surface area (Å²) in [4.78, 5) is 14.2. The van der Waals surface area contributed by atoms with Gasteiger partial charge in [-0.1, -0.05) is 6.07 Å². The van der Waals surface area contributed by atoms with Crippen molar-refractivity contribution < 1.29 is 22.4 Å². The number of fused-ring (bicyclic) bond motifs is 1. The largest absolute Gasteiger partial charge is 0.416 e. The Labute approximate surface area is 148 Å². The zero-order valence-electron chi connectivity index (χ0n) is 14.1. The third-order valence-electron chi connectivity index (χ3n) is 4.64. The van der Waals surface area contributed by atoms with Gasteiger partial charge in [-0.3, -0.25) is 9.69 Å². The smallest absolute Gasteiger partial charge is 0.350 e. The van der Waals surface area contributed by atoms with Gasteiger partial charge in [0, 0.05) is 24.7 Å².